The molecule has 1 atom stereocenters. The van der Waals surface area contributed by atoms with Crippen LogP contribution in [0.1, 0.15) is 23.2 Å². The van der Waals surface area contributed by atoms with Crippen LogP contribution in [0.2, 0.25) is 0 Å². The van der Waals surface area contributed by atoms with Gasteiger partial charge in [-0.15, -0.1) is 0 Å². The van der Waals surface area contributed by atoms with E-state index in [1.807, 2.05) is 0 Å². The number of benzene rings is 1. The summed E-state index contributed by atoms with van der Waals surface area (Å²) in [6.45, 7) is 0.854. The van der Waals surface area contributed by atoms with Crippen molar-refractivity contribution < 1.29 is 13.2 Å². The van der Waals surface area contributed by atoms with E-state index in [-0.39, 0.29) is 11.9 Å². The van der Waals surface area contributed by atoms with Crippen molar-refractivity contribution in [1.82, 2.24) is 19.6 Å². The van der Waals surface area contributed by atoms with Crippen LogP contribution in [0.15, 0.2) is 24.5 Å². The van der Waals surface area contributed by atoms with Gasteiger partial charge in [0.15, 0.2) is 0 Å². The largest absolute Gasteiger partial charge is 0.350 e. The Morgan fingerprint density at radius 3 is 3.09 bits per heavy atom. The molecule has 22 heavy (non-hydrogen) atoms. The molecule has 1 aliphatic rings. The van der Waals surface area contributed by atoms with Gasteiger partial charge in [0, 0.05) is 24.7 Å². The second-order valence-electron chi connectivity index (χ2n) is 5.51. The lowest BCUT2D eigenvalue weighted by atomic mass is 10.1. The summed E-state index contributed by atoms with van der Waals surface area (Å²) in [5, 5.41) is 2.82. The summed E-state index contributed by atoms with van der Waals surface area (Å²) in [7, 11) is -3.22. The molecule has 1 saturated heterocycles. The molecular weight excluding hydrogens is 304 g/mol. The van der Waals surface area contributed by atoms with Crippen molar-refractivity contribution in [3.05, 3.63) is 30.1 Å². The first kappa shape index (κ1) is 15.0. The van der Waals surface area contributed by atoms with Crippen molar-refractivity contribution >= 4 is 27.0 Å². The Kier molecular flexibility index (Phi) is 3.88. The number of aromatic amines is 1. The fourth-order valence-corrected chi connectivity index (χ4v) is 4.02. The summed E-state index contributed by atoms with van der Waals surface area (Å²) < 4.78 is 24.8. The molecule has 118 valence electrons. The number of H-pyrrole nitrogens is 1. The molecule has 0 spiro atoms. The first-order chi connectivity index (χ1) is 10.4. The van der Waals surface area contributed by atoms with Gasteiger partial charge in [0.2, 0.25) is 10.0 Å². The zero-order chi connectivity index (χ0) is 15.7. The van der Waals surface area contributed by atoms with Gasteiger partial charge in [-0.2, -0.15) is 4.31 Å². The van der Waals surface area contributed by atoms with E-state index in [4.69, 9.17) is 0 Å². The van der Waals surface area contributed by atoms with Crippen molar-refractivity contribution in [1.29, 1.82) is 0 Å². The summed E-state index contributed by atoms with van der Waals surface area (Å²) in [5.41, 5.74) is 2.13. The SMILES string of the molecule is CS(=O)(=O)N1CCCC1CNC(=O)c1ccc2nc[nH]c2c1. The number of rotatable bonds is 4. The van der Waals surface area contributed by atoms with Gasteiger partial charge in [0.25, 0.3) is 5.91 Å². The van der Waals surface area contributed by atoms with E-state index in [2.05, 4.69) is 15.3 Å². The van der Waals surface area contributed by atoms with Crippen LogP contribution < -0.4 is 5.32 Å². The highest BCUT2D eigenvalue weighted by molar-refractivity contribution is 7.88. The van der Waals surface area contributed by atoms with Crippen LogP contribution in [0.25, 0.3) is 11.0 Å². The molecule has 7 nitrogen and oxygen atoms in total. The Morgan fingerprint density at radius 2 is 2.32 bits per heavy atom. The van der Waals surface area contributed by atoms with Gasteiger partial charge in [0.05, 0.1) is 23.6 Å². The standard InChI is InChI=1S/C14H18N4O3S/c1-22(20,21)18-6-2-3-11(18)8-15-14(19)10-4-5-12-13(7-10)17-9-16-12/h4-5,7,9,11H,2-3,6,8H2,1H3,(H,15,19)(H,16,17). The average Bonchev–Trinajstić information content (AvgIpc) is 3.11. The van der Waals surface area contributed by atoms with Gasteiger partial charge in [0.1, 0.15) is 0 Å². The summed E-state index contributed by atoms with van der Waals surface area (Å²) in [6, 6.07) is 5.07. The molecule has 0 bridgehead atoms. The highest BCUT2D eigenvalue weighted by Crippen LogP contribution is 2.19. The quantitative estimate of drug-likeness (QED) is 0.867. The molecule has 1 aromatic heterocycles. The lowest BCUT2D eigenvalue weighted by Crippen LogP contribution is -2.42. The minimum absolute atomic E-state index is 0.158. The third-order valence-corrected chi connectivity index (χ3v) is 5.26. The lowest BCUT2D eigenvalue weighted by Gasteiger charge is -2.22. The number of sulfonamides is 1. The Balaban J connectivity index is 1.67. The molecule has 3 rings (SSSR count). The summed E-state index contributed by atoms with van der Waals surface area (Å²) in [5.74, 6) is -0.211. The summed E-state index contributed by atoms with van der Waals surface area (Å²) >= 11 is 0. The molecule has 2 N–H and O–H groups in total. The number of aromatic nitrogens is 2. The van der Waals surface area contributed by atoms with Crippen molar-refractivity contribution in [2.24, 2.45) is 0 Å². The average molecular weight is 322 g/mol. The predicted molar refractivity (Wildman–Crippen MR) is 83.0 cm³/mol. The Bertz CT molecular complexity index is 799. The van der Waals surface area contributed by atoms with Crippen LogP contribution in [0.3, 0.4) is 0 Å². The van der Waals surface area contributed by atoms with E-state index < -0.39 is 10.0 Å². The molecule has 0 saturated carbocycles. The topological polar surface area (TPSA) is 95.2 Å². The Labute approximate surface area is 128 Å². The number of carbonyl (C=O) groups is 1. The number of amides is 1. The molecule has 0 aliphatic carbocycles. The molecule has 2 aromatic rings. The van der Waals surface area contributed by atoms with Gasteiger partial charge >= 0.3 is 0 Å². The second kappa shape index (κ2) is 5.69. The van der Waals surface area contributed by atoms with Crippen LogP contribution in [0.4, 0.5) is 0 Å². The smallest absolute Gasteiger partial charge is 0.251 e. The van der Waals surface area contributed by atoms with E-state index in [0.29, 0.717) is 18.7 Å². The Hall–Kier alpha value is -1.93. The number of hydrogen-bond donors (Lipinski definition) is 2. The lowest BCUT2D eigenvalue weighted by molar-refractivity contribution is 0.0947. The zero-order valence-corrected chi connectivity index (χ0v) is 13.1. The van der Waals surface area contributed by atoms with Crippen LogP contribution in [0, 0.1) is 0 Å². The normalized spacial score (nSPS) is 19.6. The maximum atomic E-state index is 12.2. The van der Waals surface area contributed by atoms with Crippen LogP contribution in [0.5, 0.6) is 0 Å². The summed E-state index contributed by atoms with van der Waals surface area (Å²) in [6.07, 6.45) is 4.38. The molecule has 1 fully saturated rings. The fourth-order valence-electron chi connectivity index (χ4n) is 2.84. The van der Waals surface area contributed by atoms with Gasteiger partial charge in [-0.05, 0) is 31.0 Å². The van der Waals surface area contributed by atoms with Crippen molar-refractivity contribution in [3.63, 3.8) is 0 Å². The van der Waals surface area contributed by atoms with E-state index in [0.717, 1.165) is 23.9 Å². The van der Waals surface area contributed by atoms with E-state index >= 15 is 0 Å². The molecule has 1 aliphatic heterocycles. The minimum atomic E-state index is -3.22. The Morgan fingerprint density at radius 1 is 1.50 bits per heavy atom. The van der Waals surface area contributed by atoms with Gasteiger partial charge in [-0.1, -0.05) is 0 Å². The van der Waals surface area contributed by atoms with Crippen molar-refractivity contribution in [2.45, 2.75) is 18.9 Å². The van der Waals surface area contributed by atoms with Gasteiger partial charge in [-0.25, -0.2) is 13.4 Å². The third kappa shape index (κ3) is 2.97. The van der Waals surface area contributed by atoms with Crippen LogP contribution in [-0.4, -0.2) is 54.0 Å². The molecule has 1 amide bonds. The van der Waals surface area contributed by atoms with E-state index in [1.54, 1.807) is 24.5 Å². The molecule has 1 unspecified atom stereocenters. The summed E-state index contributed by atoms with van der Waals surface area (Å²) in [4.78, 5) is 19.3. The van der Waals surface area contributed by atoms with Crippen LogP contribution >= 0.6 is 0 Å². The molecule has 8 heteroatoms. The zero-order valence-electron chi connectivity index (χ0n) is 12.2. The number of carbonyl (C=O) groups excluding carboxylic acids is 1. The molecule has 0 radical (unpaired) electrons. The van der Waals surface area contributed by atoms with Gasteiger partial charge < -0.3 is 10.3 Å². The third-order valence-electron chi connectivity index (χ3n) is 3.93. The molecule has 1 aromatic carbocycles. The number of imidazole rings is 1. The molecular formula is C14H18N4O3S. The number of hydrogen-bond acceptors (Lipinski definition) is 4. The second-order valence-corrected chi connectivity index (χ2v) is 7.45. The van der Waals surface area contributed by atoms with E-state index in [1.165, 1.54) is 10.6 Å². The fraction of sp³-hybridized carbons (Fsp3) is 0.429. The monoisotopic (exact) mass is 322 g/mol. The number of nitrogens with one attached hydrogen (secondary N) is 2. The minimum Gasteiger partial charge on any atom is -0.350 e. The highest BCUT2D eigenvalue weighted by atomic mass is 32.2. The highest BCUT2D eigenvalue weighted by Gasteiger charge is 2.31. The number of fused-ring (bicyclic) bond motifs is 1. The predicted octanol–water partition coefficient (Wildman–Crippen LogP) is 0.717. The maximum Gasteiger partial charge on any atom is 0.251 e. The molecule has 2 heterocycles. The number of nitrogens with zero attached hydrogens (tertiary/aromatic N) is 2. The van der Waals surface area contributed by atoms with Crippen molar-refractivity contribution in [2.75, 3.05) is 19.3 Å². The van der Waals surface area contributed by atoms with Crippen molar-refractivity contribution in [3.8, 4) is 0 Å². The van der Waals surface area contributed by atoms with Gasteiger partial charge in [-0.3, -0.25) is 4.79 Å². The first-order valence-corrected chi connectivity index (χ1v) is 8.98. The maximum absolute atomic E-state index is 12.2. The van der Waals surface area contributed by atoms with E-state index in [9.17, 15) is 13.2 Å². The van der Waals surface area contributed by atoms with Crippen LogP contribution in [-0.2, 0) is 10.0 Å². The first-order valence-electron chi connectivity index (χ1n) is 7.13.